The van der Waals surface area contributed by atoms with Crippen LogP contribution in [0.3, 0.4) is 0 Å². The molecule has 84 heavy (non-hydrogen) atoms. The maximum atomic E-state index is 15.0. The summed E-state index contributed by atoms with van der Waals surface area (Å²) >= 11 is 0. The average Bonchev–Trinajstić information content (AvgIpc) is 3.73. The van der Waals surface area contributed by atoms with Crippen molar-refractivity contribution in [3.05, 3.63) is 251 Å². The van der Waals surface area contributed by atoms with Crippen LogP contribution in [-0.4, -0.2) is 113 Å². The molecule has 10 rings (SSSR count). The summed E-state index contributed by atoms with van der Waals surface area (Å²) in [5.41, 5.74) is 6.57. The molecule has 442 valence electrons. The van der Waals surface area contributed by atoms with E-state index in [0.29, 0.717) is 26.2 Å². The third-order valence-electron chi connectivity index (χ3n) is 15.0. The summed E-state index contributed by atoms with van der Waals surface area (Å²) in [4.78, 5) is 15.0. The Bertz CT molecular complexity index is 2930. The molecule has 3 aliphatic rings. The lowest BCUT2D eigenvalue weighted by Gasteiger charge is -2.48. The van der Waals surface area contributed by atoms with Gasteiger partial charge in [0.25, 0.3) is 0 Å². The molecular weight excluding hydrogens is 1070 g/mol. The fourth-order valence-electron chi connectivity index (χ4n) is 10.6. The van der Waals surface area contributed by atoms with Gasteiger partial charge in [-0.25, -0.2) is 4.79 Å². The molecule has 0 spiro atoms. The summed E-state index contributed by atoms with van der Waals surface area (Å²) in [7, 11) is 3.14. The molecule has 7 aromatic carbocycles. The highest BCUT2D eigenvalue weighted by molar-refractivity contribution is 5.76. The van der Waals surface area contributed by atoms with Crippen LogP contribution in [0.25, 0.3) is 0 Å². The minimum Gasteiger partial charge on any atom is -0.459 e. The van der Waals surface area contributed by atoms with Crippen LogP contribution in [0.2, 0.25) is 0 Å². The van der Waals surface area contributed by atoms with Crippen LogP contribution >= 0.6 is 0 Å². The second-order valence-corrected chi connectivity index (χ2v) is 21.1. The Hall–Kier alpha value is -6.51. The fraction of sp³-hybridized carbons (Fsp3) is 0.377. The molecule has 0 aliphatic carbocycles. The fourth-order valence-corrected chi connectivity index (χ4v) is 10.6. The molecule has 0 saturated carbocycles. The highest BCUT2D eigenvalue weighted by Gasteiger charge is 2.54. The lowest BCUT2D eigenvalue weighted by Crippen LogP contribution is -2.64. The number of carbonyl (C=O) groups excluding carboxylic acids is 1. The number of hydrogen-bond donors (Lipinski definition) is 0. The van der Waals surface area contributed by atoms with Crippen LogP contribution in [0.4, 0.5) is 0 Å². The molecule has 3 fully saturated rings. The third-order valence-corrected chi connectivity index (χ3v) is 15.0. The molecule has 0 amide bonds. The molecule has 3 heterocycles. The largest absolute Gasteiger partial charge is 0.459 e. The monoisotopic (exact) mass is 1140 g/mol. The van der Waals surface area contributed by atoms with E-state index in [2.05, 4.69) is 0 Å². The predicted octanol–water partition coefficient (Wildman–Crippen LogP) is 10.9. The summed E-state index contributed by atoms with van der Waals surface area (Å²) in [5, 5.41) is 0. The molecule has 7 aromatic rings. The van der Waals surface area contributed by atoms with Gasteiger partial charge in [0, 0.05) is 27.1 Å². The Morgan fingerprint density at radius 1 is 0.381 bits per heavy atom. The van der Waals surface area contributed by atoms with Crippen LogP contribution < -0.4 is 0 Å². The number of esters is 1. The molecule has 0 aromatic heterocycles. The van der Waals surface area contributed by atoms with Gasteiger partial charge in [-0.3, -0.25) is 0 Å². The Labute approximate surface area is 492 Å². The van der Waals surface area contributed by atoms with E-state index in [4.69, 9.17) is 66.3 Å². The molecule has 3 aliphatic heterocycles. The van der Waals surface area contributed by atoms with Crippen molar-refractivity contribution in [2.24, 2.45) is 0 Å². The van der Waals surface area contributed by atoms with Crippen molar-refractivity contribution < 1.29 is 71.1 Å². The first-order valence-corrected chi connectivity index (χ1v) is 28.8. The number of hydrogen-bond acceptors (Lipinski definition) is 15. The minimum atomic E-state index is -1.44. The van der Waals surface area contributed by atoms with Crippen LogP contribution in [-0.2, 0) is 117 Å². The zero-order valence-corrected chi connectivity index (χ0v) is 47.6. The number of ether oxygens (including phenoxy) is 14. The van der Waals surface area contributed by atoms with E-state index in [1.54, 1.807) is 14.2 Å². The maximum Gasteiger partial charge on any atom is 0.338 e. The Morgan fingerprint density at radius 3 is 1.29 bits per heavy atom. The van der Waals surface area contributed by atoms with Gasteiger partial charge in [0.1, 0.15) is 43.2 Å². The smallest absolute Gasteiger partial charge is 0.338 e. The third kappa shape index (κ3) is 17.6. The summed E-state index contributed by atoms with van der Waals surface area (Å²) in [6.45, 7) is 1.84. The van der Waals surface area contributed by atoms with E-state index >= 15 is 4.79 Å². The van der Waals surface area contributed by atoms with Gasteiger partial charge in [0.15, 0.2) is 25.0 Å². The summed E-state index contributed by atoms with van der Waals surface area (Å²) in [6.07, 6.45) is -11.4. The van der Waals surface area contributed by atoms with E-state index in [1.807, 2.05) is 212 Å². The van der Waals surface area contributed by atoms with Crippen molar-refractivity contribution in [1.82, 2.24) is 0 Å². The van der Waals surface area contributed by atoms with Crippen molar-refractivity contribution >= 4 is 5.97 Å². The quantitative estimate of drug-likeness (QED) is 0.0410. The van der Waals surface area contributed by atoms with Gasteiger partial charge in [-0.15, -0.1) is 0 Å². The zero-order chi connectivity index (χ0) is 57.6. The van der Waals surface area contributed by atoms with Crippen molar-refractivity contribution in [3.8, 4) is 0 Å². The van der Waals surface area contributed by atoms with Crippen molar-refractivity contribution in [3.63, 3.8) is 0 Å². The lowest BCUT2D eigenvalue weighted by molar-refractivity contribution is -0.363. The first kappa shape index (κ1) is 60.6. The van der Waals surface area contributed by atoms with Crippen molar-refractivity contribution in [2.75, 3.05) is 27.4 Å². The molecule has 3 saturated heterocycles. The number of methoxy groups -OCH3 is 2. The van der Waals surface area contributed by atoms with E-state index in [1.165, 1.54) is 0 Å². The van der Waals surface area contributed by atoms with Crippen molar-refractivity contribution in [1.29, 1.82) is 0 Å². The summed E-state index contributed by atoms with van der Waals surface area (Å²) < 4.78 is 93.8. The van der Waals surface area contributed by atoms with Crippen LogP contribution in [0.15, 0.2) is 212 Å². The molecule has 15 nitrogen and oxygen atoms in total. The second-order valence-electron chi connectivity index (χ2n) is 21.1. The van der Waals surface area contributed by atoms with Crippen molar-refractivity contribution in [2.45, 2.75) is 139 Å². The SMILES string of the molecule is CO[C@H]1O[C@H](COCc2ccccc2)[C@@H](O[C@H]2C[C@@H](OC)[C@H](O[C@H]3O[C@H](COCc4ccccc4)C[C@H](OCc4ccccc4)[C@H]3OCc3ccccc3)[C@H](C(=O)OCc3ccccc3)O2)[C@H](OCc2ccccc2)[C@H]1OCc1ccccc1. The van der Waals surface area contributed by atoms with Crippen LogP contribution in [0.1, 0.15) is 51.8 Å². The predicted molar refractivity (Wildman–Crippen MR) is 311 cm³/mol. The number of carbonyl (C=O) groups is 1. The van der Waals surface area contributed by atoms with Crippen LogP contribution in [0, 0.1) is 0 Å². The molecule has 0 bridgehead atoms. The molecule has 13 atom stereocenters. The minimum absolute atomic E-state index is 0.0417. The molecule has 0 radical (unpaired) electrons. The van der Waals surface area contributed by atoms with E-state index in [-0.39, 0.29) is 46.1 Å². The van der Waals surface area contributed by atoms with E-state index in [0.717, 1.165) is 38.9 Å². The summed E-state index contributed by atoms with van der Waals surface area (Å²) in [5.74, 6) is -0.709. The Kier molecular flexibility index (Phi) is 23.2. The van der Waals surface area contributed by atoms with Gasteiger partial charge < -0.3 is 66.3 Å². The van der Waals surface area contributed by atoms with Gasteiger partial charge in [-0.2, -0.15) is 0 Å². The topological polar surface area (TPSA) is 146 Å². The standard InChI is InChI=1S/C69H76O15/c1-71-57-39-60(82-62-59(48-74-41-50-26-12-4-13-27-50)81-68(72-2)66(78-45-54-34-20-8-21-35-54)64(62)77-44-53-32-18-7-19-33-53)83-65(67(70)79-46-55-36-22-9-23-37-55)61(57)84-69-63(76-43-52-30-16-6-17-31-52)58(75-42-51-28-14-5-15-29-51)38-56(80-69)47-73-40-49-24-10-3-11-25-49/h3-37,56-66,68-69H,38-48H2,1-2H3/t56-,57+,58-,59+,60+,61-,62+,63+,64-,65+,66+,68-,69+/m0/s1. The second kappa shape index (κ2) is 32.1. The van der Waals surface area contributed by atoms with Gasteiger partial charge >= 0.3 is 5.97 Å². The number of rotatable bonds is 29. The summed E-state index contributed by atoms with van der Waals surface area (Å²) in [6, 6.07) is 68.9. The highest BCUT2D eigenvalue weighted by Crippen LogP contribution is 2.37. The lowest BCUT2D eigenvalue weighted by atomic mass is 9.96. The molecular formula is C69H76O15. The maximum absolute atomic E-state index is 15.0. The van der Waals surface area contributed by atoms with Gasteiger partial charge in [0.2, 0.25) is 0 Å². The average molecular weight is 1150 g/mol. The van der Waals surface area contributed by atoms with E-state index in [9.17, 15) is 0 Å². The van der Waals surface area contributed by atoms with Gasteiger partial charge in [0.05, 0.1) is 71.2 Å². The normalized spacial score (nSPS) is 26.1. The zero-order valence-electron chi connectivity index (χ0n) is 47.6. The van der Waals surface area contributed by atoms with Crippen LogP contribution in [0.5, 0.6) is 0 Å². The molecule has 0 unspecified atom stereocenters. The molecule has 0 N–H and O–H groups in total. The highest BCUT2D eigenvalue weighted by atomic mass is 16.8. The first-order chi connectivity index (χ1) is 41.5. The Morgan fingerprint density at radius 2 is 0.810 bits per heavy atom. The Balaban J connectivity index is 0.972. The molecule has 15 heteroatoms. The first-order valence-electron chi connectivity index (χ1n) is 28.8. The van der Waals surface area contributed by atoms with Gasteiger partial charge in [-0.1, -0.05) is 212 Å². The number of benzene rings is 7. The van der Waals surface area contributed by atoms with Gasteiger partial charge in [-0.05, 0) is 38.9 Å². The van der Waals surface area contributed by atoms with E-state index < -0.39 is 85.9 Å².